The van der Waals surface area contributed by atoms with Crippen LogP contribution >= 0.6 is 0 Å². The van der Waals surface area contributed by atoms with Crippen LogP contribution in [-0.4, -0.2) is 27.9 Å². The molecule has 7 heteroatoms. The van der Waals surface area contributed by atoms with E-state index < -0.39 is 17.2 Å². The van der Waals surface area contributed by atoms with E-state index in [1.165, 1.54) is 18.4 Å². The van der Waals surface area contributed by atoms with Crippen molar-refractivity contribution < 1.29 is 14.1 Å². The van der Waals surface area contributed by atoms with Gasteiger partial charge >= 0.3 is 6.09 Å². The lowest BCUT2D eigenvalue weighted by Gasteiger charge is -2.26. The second kappa shape index (κ2) is 9.16. The Balaban J connectivity index is 1.54. The Hall–Kier alpha value is -2.41. The third-order valence-corrected chi connectivity index (χ3v) is 5.36. The number of hydrogen-bond donors (Lipinski definition) is 2. The molecule has 0 radical (unpaired) electrons. The Bertz CT molecular complexity index is 826. The van der Waals surface area contributed by atoms with Gasteiger partial charge in [0.2, 0.25) is 5.89 Å². The van der Waals surface area contributed by atoms with Gasteiger partial charge in [0.15, 0.2) is 5.82 Å². The number of ether oxygens (including phenoxy) is 1. The molecule has 1 aliphatic carbocycles. The van der Waals surface area contributed by atoms with Crippen LogP contribution in [0.3, 0.4) is 0 Å². The lowest BCUT2D eigenvalue weighted by Crippen LogP contribution is -2.44. The average Bonchev–Trinajstić information content (AvgIpc) is 3.28. The van der Waals surface area contributed by atoms with Crippen LogP contribution in [0.5, 0.6) is 0 Å². The molecule has 1 amide bonds. The molecule has 1 aliphatic rings. The summed E-state index contributed by atoms with van der Waals surface area (Å²) < 4.78 is 10.8. The minimum Gasteiger partial charge on any atom is -0.444 e. The van der Waals surface area contributed by atoms with Crippen molar-refractivity contribution in [2.75, 3.05) is 0 Å². The van der Waals surface area contributed by atoms with E-state index in [-0.39, 0.29) is 0 Å². The molecule has 1 aromatic carbocycles. The summed E-state index contributed by atoms with van der Waals surface area (Å²) in [4.78, 5) is 16.6. The van der Waals surface area contributed by atoms with Crippen LogP contribution in [0.15, 0.2) is 34.9 Å². The summed E-state index contributed by atoms with van der Waals surface area (Å²) in [5, 5.41) is 10.5. The van der Waals surface area contributed by atoms with Crippen LogP contribution in [0.2, 0.25) is 0 Å². The average molecular weight is 415 g/mol. The lowest BCUT2D eigenvalue weighted by molar-refractivity contribution is 0.0465. The van der Waals surface area contributed by atoms with Gasteiger partial charge in [-0.15, -0.1) is 0 Å². The first-order chi connectivity index (χ1) is 14.1. The molecule has 2 atom stereocenters. The molecule has 0 aliphatic heterocycles. The van der Waals surface area contributed by atoms with Crippen LogP contribution in [0.1, 0.15) is 71.2 Å². The maximum atomic E-state index is 12.1. The highest BCUT2D eigenvalue weighted by Gasteiger charge is 2.32. The third-order valence-electron chi connectivity index (χ3n) is 5.36. The van der Waals surface area contributed by atoms with E-state index in [4.69, 9.17) is 9.26 Å². The zero-order valence-electron chi connectivity index (χ0n) is 18.7. The Morgan fingerprint density at radius 2 is 1.90 bits per heavy atom. The number of amides is 1. The van der Waals surface area contributed by atoms with Gasteiger partial charge in [0.1, 0.15) is 11.1 Å². The van der Waals surface area contributed by atoms with E-state index >= 15 is 0 Å². The topological polar surface area (TPSA) is 89.3 Å². The number of alkyl carbamates (subject to hydrolysis) is 1. The monoisotopic (exact) mass is 414 g/mol. The molecule has 2 N–H and O–H groups in total. The molecule has 1 aromatic heterocycles. The molecule has 2 unspecified atom stereocenters. The maximum absolute atomic E-state index is 12.1. The zero-order chi connectivity index (χ0) is 21.8. The second-order valence-electron chi connectivity index (χ2n) is 9.63. The molecule has 1 heterocycles. The van der Waals surface area contributed by atoms with Crippen LogP contribution in [0, 0.1) is 5.92 Å². The summed E-state index contributed by atoms with van der Waals surface area (Å²) in [5.41, 5.74) is 0.0170. The minimum absolute atomic E-state index is 0.428. The fourth-order valence-corrected chi connectivity index (χ4v) is 3.88. The van der Waals surface area contributed by atoms with Crippen molar-refractivity contribution in [3.8, 4) is 0 Å². The van der Waals surface area contributed by atoms with E-state index in [0.717, 1.165) is 12.8 Å². The zero-order valence-corrected chi connectivity index (χ0v) is 18.7. The molecule has 0 bridgehead atoms. The number of carbonyl (C=O) groups excluding carboxylic acids is 1. The predicted molar refractivity (Wildman–Crippen MR) is 115 cm³/mol. The molecular formula is C23H34N4O3. The molecule has 164 valence electrons. The van der Waals surface area contributed by atoms with Crippen molar-refractivity contribution in [3.05, 3.63) is 47.6 Å². The number of aromatic nitrogens is 2. The van der Waals surface area contributed by atoms with E-state index in [1.807, 2.05) is 34.6 Å². The van der Waals surface area contributed by atoms with Gasteiger partial charge in [-0.1, -0.05) is 41.9 Å². The Morgan fingerprint density at radius 3 is 2.60 bits per heavy atom. The van der Waals surface area contributed by atoms with Gasteiger partial charge in [0, 0.05) is 6.04 Å². The van der Waals surface area contributed by atoms with Gasteiger partial charge in [0.25, 0.3) is 0 Å². The first-order valence-corrected chi connectivity index (χ1v) is 10.7. The van der Waals surface area contributed by atoms with Crippen LogP contribution in [-0.2, 0) is 23.2 Å². The number of benzene rings is 1. The highest BCUT2D eigenvalue weighted by molar-refractivity contribution is 5.68. The Kier molecular flexibility index (Phi) is 6.81. The predicted octanol–water partition coefficient (Wildman–Crippen LogP) is 4.33. The van der Waals surface area contributed by atoms with E-state index in [0.29, 0.717) is 30.2 Å². The van der Waals surface area contributed by atoms with Crippen molar-refractivity contribution in [2.45, 2.75) is 84.0 Å². The van der Waals surface area contributed by atoms with Crippen LogP contribution in [0.25, 0.3) is 0 Å². The summed E-state index contributed by atoms with van der Waals surface area (Å²) in [6.45, 7) is 9.65. The summed E-state index contributed by atoms with van der Waals surface area (Å²) in [7, 11) is 0. The largest absolute Gasteiger partial charge is 0.444 e. The summed E-state index contributed by atoms with van der Waals surface area (Å²) in [6, 6.07) is 11.1. The van der Waals surface area contributed by atoms with E-state index in [2.05, 4.69) is 51.1 Å². The highest BCUT2D eigenvalue weighted by Crippen LogP contribution is 2.29. The molecular weight excluding hydrogens is 380 g/mol. The van der Waals surface area contributed by atoms with Crippen molar-refractivity contribution in [3.63, 3.8) is 0 Å². The third kappa shape index (κ3) is 6.29. The smallest absolute Gasteiger partial charge is 0.408 e. The van der Waals surface area contributed by atoms with Crippen LogP contribution in [0.4, 0.5) is 4.79 Å². The molecule has 0 spiro atoms. The van der Waals surface area contributed by atoms with E-state index in [1.54, 1.807) is 0 Å². The van der Waals surface area contributed by atoms with Crippen molar-refractivity contribution >= 4 is 6.09 Å². The molecule has 1 fully saturated rings. The molecule has 7 nitrogen and oxygen atoms in total. The number of carbonyl (C=O) groups is 1. The fourth-order valence-electron chi connectivity index (χ4n) is 3.88. The van der Waals surface area contributed by atoms with Gasteiger partial charge in [-0.05, 0) is 65.4 Å². The number of nitrogens with one attached hydrogen (secondary N) is 2. The standard InChI is InChI=1S/C23H34N4O3/c1-22(2,3)29-21(28)26-23(4,5)20-25-19(30-27-20)15-24-18-13-9-12-17(18)14-16-10-7-6-8-11-16/h6-8,10-11,17-18,24H,9,12-15H2,1-5H3,(H,26,28). The number of rotatable bonds is 7. The second-order valence-corrected chi connectivity index (χ2v) is 9.63. The molecule has 3 rings (SSSR count). The lowest BCUT2D eigenvalue weighted by atomic mass is 9.94. The summed E-state index contributed by atoms with van der Waals surface area (Å²) in [5.74, 6) is 1.56. The number of hydrogen-bond acceptors (Lipinski definition) is 6. The van der Waals surface area contributed by atoms with Gasteiger partial charge < -0.3 is 19.9 Å². The number of nitrogens with zero attached hydrogens (tertiary/aromatic N) is 2. The van der Waals surface area contributed by atoms with Crippen molar-refractivity contribution in [2.24, 2.45) is 5.92 Å². The normalized spacial score (nSPS) is 19.6. The van der Waals surface area contributed by atoms with Gasteiger partial charge in [0.05, 0.1) is 6.54 Å². The molecule has 30 heavy (non-hydrogen) atoms. The van der Waals surface area contributed by atoms with Crippen LogP contribution < -0.4 is 10.6 Å². The summed E-state index contributed by atoms with van der Waals surface area (Å²) in [6.07, 6.45) is 4.20. The maximum Gasteiger partial charge on any atom is 0.408 e. The summed E-state index contributed by atoms with van der Waals surface area (Å²) >= 11 is 0. The van der Waals surface area contributed by atoms with Gasteiger partial charge in [-0.3, -0.25) is 0 Å². The Morgan fingerprint density at radius 1 is 1.17 bits per heavy atom. The quantitative estimate of drug-likeness (QED) is 0.701. The molecule has 0 saturated heterocycles. The molecule has 2 aromatic rings. The minimum atomic E-state index is -0.798. The van der Waals surface area contributed by atoms with Crippen molar-refractivity contribution in [1.29, 1.82) is 0 Å². The fraction of sp³-hybridized carbons (Fsp3) is 0.609. The van der Waals surface area contributed by atoms with Gasteiger partial charge in [-0.2, -0.15) is 4.98 Å². The molecule has 1 saturated carbocycles. The van der Waals surface area contributed by atoms with Crippen molar-refractivity contribution in [1.82, 2.24) is 20.8 Å². The first kappa shape index (κ1) is 22.3. The SMILES string of the molecule is CC(C)(C)OC(=O)NC(C)(C)c1noc(CNC2CCCC2Cc2ccccc2)n1. The van der Waals surface area contributed by atoms with E-state index in [9.17, 15) is 4.79 Å². The highest BCUT2D eigenvalue weighted by atomic mass is 16.6. The Labute approximate surface area is 179 Å². The first-order valence-electron chi connectivity index (χ1n) is 10.7. The van der Waals surface area contributed by atoms with Gasteiger partial charge in [-0.25, -0.2) is 4.79 Å².